The number of hydrogen-bond donors (Lipinski definition) is 1. The molecule has 0 radical (unpaired) electrons. The van der Waals surface area contributed by atoms with Crippen molar-refractivity contribution in [3.8, 4) is 0 Å². The van der Waals surface area contributed by atoms with E-state index in [2.05, 4.69) is 12.1 Å². The van der Waals surface area contributed by atoms with Crippen molar-refractivity contribution in [2.24, 2.45) is 0 Å². The molecule has 2 rings (SSSR count). The molecule has 4 heteroatoms. The first kappa shape index (κ1) is 15.8. The highest BCUT2D eigenvalue weighted by Gasteiger charge is 2.33. The van der Waals surface area contributed by atoms with Crippen LogP contribution in [-0.4, -0.2) is 40.4 Å². The molecule has 1 saturated heterocycles. The van der Waals surface area contributed by atoms with Crippen LogP contribution in [0.5, 0.6) is 0 Å². The number of amides is 1. The predicted molar refractivity (Wildman–Crippen MR) is 82.1 cm³/mol. The summed E-state index contributed by atoms with van der Waals surface area (Å²) in [5.74, 6) is 0. The molecule has 2 atom stereocenters. The lowest BCUT2D eigenvalue weighted by Gasteiger charge is -2.38. The number of nitrogens with zero attached hydrogens (tertiary/aromatic N) is 1. The van der Waals surface area contributed by atoms with Crippen LogP contribution < -0.4 is 0 Å². The minimum atomic E-state index is -0.517. The van der Waals surface area contributed by atoms with Gasteiger partial charge < -0.3 is 14.7 Å². The summed E-state index contributed by atoms with van der Waals surface area (Å²) < 4.78 is 5.47. The van der Waals surface area contributed by atoms with Crippen molar-refractivity contribution in [1.29, 1.82) is 0 Å². The van der Waals surface area contributed by atoms with Crippen molar-refractivity contribution in [3.05, 3.63) is 35.9 Å². The standard InChI is InChI=1S/C17H25NO3/c1-17(2,3)21-16(20)18-12-15(19)10-9-14(18)11-13-7-5-4-6-8-13/h4-8,14-15,19H,9-12H2,1-3H3/t14-,15+/m1/s1. The molecule has 0 aromatic heterocycles. The van der Waals surface area contributed by atoms with E-state index in [1.54, 1.807) is 4.90 Å². The zero-order valence-electron chi connectivity index (χ0n) is 13.1. The third kappa shape index (κ3) is 4.74. The van der Waals surface area contributed by atoms with Gasteiger partial charge >= 0.3 is 6.09 Å². The lowest BCUT2D eigenvalue weighted by atomic mass is 9.95. The summed E-state index contributed by atoms with van der Waals surface area (Å²) in [6.45, 7) is 5.93. The van der Waals surface area contributed by atoms with Gasteiger partial charge in [-0.15, -0.1) is 0 Å². The van der Waals surface area contributed by atoms with Gasteiger partial charge in [-0.2, -0.15) is 0 Å². The Morgan fingerprint density at radius 1 is 1.29 bits per heavy atom. The molecule has 0 aliphatic carbocycles. The molecule has 1 fully saturated rings. The van der Waals surface area contributed by atoms with E-state index in [0.717, 1.165) is 19.3 Å². The van der Waals surface area contributed by atoms with Gasteiger partial charge in [-0.1, -0.05) is 30.3 Å². The molecular weight excluding hydrogens is 266 g/mol. The number of β-amino-alcohol motifs (C(OH)–C–C–N with tert-alkyl or cyclic N) is 1. The van der Waals surface area contributed by atoms with E-state index in [-0.39, 0.29) is 12.1 Å². The Bertz CT molecular complexity index is 467. The highest BCUT2D eigenvalue weighted by atomic mass is 16.6. The normalized spacial score (nSPS) is 23.0. The van der Waals surface area contributed by atoms with Gasteiger partial charge in [0.25, 0.3) is 0 Å². The smallest absolute Gasteiger partial charge is 0.410 e. The number of carbonyl (C=O) groups is 1. The molecule has 116 valence electrons. The predicted octanol–water partition coefficient (Wildman–Crippen LogP) is 2.99. The van der Waals surface area contributed by atoms with Crippen LogP contribution in [-0.2, 0) is 11.2 Å². The molecule has 1 aliphatic rings. The lowest BCUT2D eigenvalue weighted by Crippen LogP contribution is -2.51. The summed E-state index contributed by atoms with van der Waals surface area (Å²) in [5, 5.41) is 9.86. The quantitative estimate of drug-likeness (QED) is 0.911. The van der Waals surface area contributed by atoms with Crippen molar-refractivity contribution in [2.75, 3.05) is 6.54 Å². The maximum Gasteiger partial charge on any atom is 0.410 e. The van der Waals surface area contributed by atoms with Crippen LogP contribution in [0.1, 0.15) is 39.2 Å². The lowest BCUT2D eigenvalue weighted by molar-refractivity contribution is -0.0127. The third-order valence-electron chi connectivity index (χ3n) is 3.62. The minimum absolute atomic E-state index is 0.0886. The second-order valence-electron chi connectivity index (χ2n) is 6.71. The molecule has 1 aliphatic heterocycles. The van der Waals surface area contributed by atoms with Crippen molar-refractivity contribution in [1.82, 2.24) is 4.90 Å². The van der Waals surface area contributed by atoms with Gasteiger partial charge in [-0.3, -0.25) is 0 Å². The molecule has 1 heterocycles. The molecule has 21 heavy (non-hydrogen) atoms. The second kappa shape index (κ2) is 6.48. The molecule has 0 bridgehead atoms. The Kier molecular flexibility index (Phi) is 4.88. The fourth-order valence-corrected chi connectivity index (χ4v) is 2.65. The summed E-state index contributed by atoms with van der Waals surface area (Å²) in [5.41, 5.74) is 0.684. The Morgan fingerprint density at radius 2 is 1.95 bits per heavy atom. The molecular formula is C17H25NO3. The van der Waals surface area contributed by atoms with Crippen molar-refractivity contribution >= 4 is 6.09 Å². The summed E-state index contributed by atoms with van der Waals surface area (Å²) in [6.07, 6.45) is 1.55. The van der Waals surface area contributed by atoms with Gasteiger partial charge in [0.2, 0.25) is 0 Å². The van der Waals surface area contributed by atoms with Gasteiger partial charge in [0.1, 0.15) is 5.60 Å². The summed E-state index contributed by atoms with van der Waals surface area (Å²) in [6, 6.07) is 10.2. The SMILES string of the molecule is CC(C)(C)OC(=O)N1C[C@@H](O)CC[C@@H]1Cc1ccccc1. The van der Waals surface area contributed by atoms with E-state index in [1.165, 1.54) is 5.56 Å². The van der Waals surface area contributed by atoms with Crippen LogP contribution >= 0.6 is 0 Å². The molecule has 1 amide bonds. The van der Waals surface area contributed by atoms with E-state index in [4.69, 9.17) is 4.74 Å². The first-order valence-corrected chi connectivity index (χ1v) is 7.57. The Labute approximate surface area is 126 Å². The second-order valence-corrected chi connectivity index (χ2v) is 6.71. The number of rotatable bonds is 2. The van der Waals surface area contributed by atoms with Gasteiger partial charge in [-0.25, -0.2) is 4.79 Å². The number of piperidine rings is 1. The molecule has 1 aromatic carbocycles. The molecule has 0 saturated carbocycles. The van der Waals surface area contributed by atoms with Gasteiger partial charge in [0, 0.05) is 6.04 Å². The first-order chi connectivity index (χ1) is 9.85. The van der Waals surface area contributed by atoms with E-state index >= 15 is 0 Å². The van der Waals surface area contributed by atoms with E-state index in [1.807, 2.05) is 39.0 Å². The Balaban J connectivity index is 2.08. The molecule has 4 nitrogen and oxygen atoms in total. The molecule has 1 N–H and O–H groups in total. The zero-order chi connectivity index (χ0) is 15.5. The van der Waals surface area contributed by atoms with Gasteiger partial charge in [-0.05, 0) is 45.6 Å². The number of hydrogen-bond acceptors (Lipinski definition) is 3. The number of benzene rings is 1. The maximum atomic E-state index is 12.4. The monoisotopic (exact) mass is 291 g/mol. The fraction of sp³-hybridized carbons (Fsp3) is 0.588. The van der Waals surface area contributed by atoms with Crippen LogP contribution in [0.3, 0.4) is 0 Å². The Morgan fingerprint density at radius 3 is 2.57 bits per heavy atom. The van der Waals surface area contributed by atoms with Crippen LogP contribution in [0.2, 0.25) is 0 Å². The van der Waals surface area contributed by atoms with Crippen LogP contribution in [0, 0.1) is 0 Å². The molecule has 1 aromatic rings. The number of carbonyl (C=O) groups excluding carboxylic acids is 1. The highest BCUT2D eigenvalue weighted by molar-refractivity contribution is 5.68. The van der Waals surface area contributed by atoms with Crippen LogP contribution in [0.25, 0.3) is 0 Å². The first-order valence-electron chi connectivity index (χ1n) is 7.57. The molecule has 0 unspecified atom stereocenters. The number of aliphatic hydroxyl groups excluding tert-OH is 1. The summed E-state index contributed by atoms with van der Waals surface area (Å²) in [7, 11) is 0. The summed E-state index contributed by atoms with van der Waals surface area (Å²) >= 11 is 0. The average molecular weight is 291 g/mol. The number of likely N-dealkylation sites (tertiary alicyclic amines) is 1. The van der Waals surface area contributed by atoms with E-state index in [9.17, 15) is 9.90 Å². The number of aliphatic hydroxyl groups is 1. The summed E-state index contributed by atoms with van der Waals surface area (Å²) in [4.78, 5) is 14.0. The third-order valence-corrected chi connectivity index (χ3v) is 3.62. The number of ether oxygens (including phenoxy) is 1. The zero-order valence-corrected chi connectivity index (χ0v) is 13.1. The van der Waals surface area contributed by atoms with Crippen molar-refractivity contribution < 1.29 is 14.6 Å². The average Bonchev–Trinajstić information content (AvgIpc) is 2.40. The fourth-order valence-electron chi connectivity index (χ4n) is 2.65. The van der Waals surface area contributed by atoms with E-state index < -0.39 is 11.7 Å². The van der Waals surface area contributed by atoms with Crippen LogP contribution in [0.15, 0.2) is 30.3 Å². The molecule has 0 spiro atoms. The Hall–Kier alpha value is -1.55. The largest absolute Gasteiger partial charge is 0.444 e. The van der Waals surface area contributed by atoms with Crippen molar-refractivity contribution in [3.63, 3.8) is 0 Å². The van der Waals surface area contributed by atoms with E-state index in [0.29, 0.717) is 6.54 Å². The van der Waals surface area contributed by atoms with Crippen molar-refractivity contribution in [2.45, 2.75) is 57.8 Å². The van der Waals surface area contributed by atoms with Gasteiger partial charge in [0.05, 0.1) is 12.6 Å². The van der Waals surface area contributed by atoms with Crippen LogP contribution in [0.4, 0.5) is 4.79 Å². The minimum Gasteiger partial charge on any atom is -0.444 e. The highest BCUT2D eigenvalue weighted by Crippen LogP contribution is 2.23. The van der Waals surface area contributed by atoms with Gasteiger partial charge in [0.15, 0.2) is 0 Å². The topological polar surface area (TPSA) is 49.8 Å². The maximum absolute atomic E-state index is 12.4.